The number of carbonyl (C=O) groups is 1. The van der Waals surface area contributed by atoms with Gasteiger partial charge in [0.25, 0.3) is 0 Å². The van der Waals surface area contributed by atoms with Crippen molar-refractivity contribution in [2.45, 2.75) is 0 Å². The van der Waals surface area contributed by atoms with Gasteiger partial charge in [-0.05, 0) is 12.1 Å². The molecular weight excluding hydrogens is 246 g/mol. The van der Waals surface area contributed by atoms with Gasteiger partial charge in [-0.2, -0.15) is 0 Å². The Kier molecular flexibility index (Phi) is 4.15. The van der Waals surface area contributed by atoms with E-state index in [4.69, 9.17) is 0 Å². The van der Waals surface area contributed by atoms with E-state index in [0.29, 0.717) is 11.1 Å². The lowest BCUT2D eigenvalue weighted by Gasteiger charge is -1.97. The molecule has 2 rings (SSSR count). The van der Waals surface area contributed by atoms with E-state index in [2.05, 4.69) is 4.40 Å². The molecule has 0 fully saturated rings. The average Bonchev–Trinajstić information content (AvgIpc) is 2.42. The topological polar surface area (TPSA) is 49.7 Å². The van der Waals surface area contributed by atoms with Crippen LogP contribution in [0.4, 0.5) is 0 Å². The summed E-state index contributed by atoms with van der Waals surface area (Å²) >= 11 is 0.852. The van der Waals surface area contributed by atoms with Gasteiger partial charge < -0.3 is 5.11 Å². The van der Waals surface area contributed by atoms with Crippen LogP contribution in [-0.4, -0.2) is 16.4 Å². The molecule has 0 saturated carbocycles. The second kappa shape index (κ2) is 6.02. The van der Waals surface area contributed by atoms with Crippen molar-refractivity contribution in [3.05, 3.63) is 65.7 Å². The minimum absolute atomic E-state index is 0.123. The van der Waals surface area contributed by atoms with Crippen molar-refractivity contribution in [1.82, 2.24) is 0 Å². The molecule has 4 heteroatoms. The molecule has 1 N–H and O–H groups in total. The molecule has 0 spiro atoms. The van der Waals surface area contributed by atoms with Crippen LogP contribution in [0.1, 0.15) is 15.9 Å². The second-order valence-electron chi connectivity index (χ2n) is 3.54. The monoisotopic (exact) mass is 257 g/mol. The molecule has 0 unspecified atom stereocenters. The molecule has 18 heavy (non-hydrogen) atoms. The number of carbonyl (C=O) groups excluding carboxylic acids is 1. The van der Waals surface area contributed by atoms with Gasteiger partial charge in [0.15, 0.2) is 0 Å². The minimum atomic E-state index is -0.123. The second-order valence-corrected chi connectivity index (χ2v) is 4.30. The van der Waals surface area contributed by atoms with Gasteiger partial charge in [-0.3, -0.25) is 4.79 Å². The van der Waals surface area contributed by atoms with E-state index >= 15 is 0 Å². The van der Waals surface area contributed by atoms with Crippen LogP contribution in [0.3, 0.4) is 0 Å². The van der Waals surface area contributed by atoms with Crippen LogP contribution >= 0.6 is 11.9 Å². The molecule has 2 aromatic rings. The first kappa shape index (κ1) is 12.4. The average molecular weight is 257 g/mol. The van der Waals surface area contributed by atoms with Gasteiger partial charge in [0.1, 0.15) is 5.75 Å². The molecule has 0 bridgehead atoms. The van der Waals surface area contributed by atoms with E-state index in [1.165, 1.54) is 6.21 Å². The molecule has 0 saturated heterocycles. The van der Waals surface area contributed by atoms with Crippen molar-refractivity contribution in [2.24, 2.45) is 4.40 Å². The van der Waals surface area contributed by atoms with Crippen LogP contribution < -0.4 is 0 Å². The van der Waals surface area contributed by atoms with Crippen molar-refractivity contribution < 1.29 is 9.90 Å². The number of hydrogen-bond donors (Lipinski definition) is 1. The highest BCUT2D eigenvalue weighted by Gasteiger charge is 2.04. The summed E-state index contributed by atoms with van der Waals surface area (Å²) in [6.45, 7) is 0. The minimum Gasteiger partial charge on any atom is -0.507 e. The Labute approximate surface area is 109 Å². The van der Waals surface area contributed by atoms with Gasteiger partial charge in [0.05, 0.1) is 11.9 Å². The molecule has 0 amide bonds. The highest BCUT2D eigenvalue weighted by atomic mass is 32.2. The highest BCUT2D eigenvalue weighted by Crippen LogP contribution is 2.16. The SMILES string of the molecule is O=C(SN=Cc1ccccc1O)c1ccccc1. The lowest BCUT2D eigenvalue weighted by Crippen LogP contribution is -1.90. The summed E-state index contributed by atoms with van der Waals surface area (Å²) in [5.41, 5.74) is 1.20. The van der Waals surface area contributed by atoms with Crippen LogP contribution in [0.25, 0.3) is 0 Å². The van der Waals surface area contributed by atoms with Crippen LogP contribution in [0.2, 0.25) is 0 Å². The van der Waals surface area contributed by atoms with Gasteiger partial charge in [-0.25, -0.2) is 4.40 Å². The van der Waals surface area contributed by atoms with Gasteiger partial charge >= 0.3 is 0 Å². The summed E-state index contributed by atoms with van der Waals surface area (Å²) < 4.78 is 3.96. The number of para-hydroxylation sites is 1. The van der Waals surface area contributed by atoms with E-state index in [9.17, 15) is 9.90 Å². The molecule has 0 atom stereocenters. The molecular formula is C14H11NO2S. The van der Waals surface area contributed by atoms with Gasteiger partial charge in [-0.1, -0.05) is 42.5 Å². The summed E-state index contributed by atoms with van der Waals surface area (Å²) in [4.78, 5) is 11.7. The van der Waals surface area contributed by atoms with Crippen molar-refractivity contribution in [3.63, 3.8) is 0 Å². The van der Waals surface area contributed by atoms with Gasteiger partial charge in [0, 0.05) is 17.3 Å². The predicted molar refractivity (Wildman–Crippen MR) is 74.1 cm³/mol. The molecule has 0 aliphatic rings. The molecule has 0 aliphatic carbocycles. The first-order chi connectivity index (χ1) is 8.77. The smallest absolute Gasteiger partial charge is 0.241 e. The van der Waals surface area contributed by atoms with Crippen molar-refractivity contribution in [3.8, 4) is 5.75 Å². The third kappa shape index (κ3) is 3.21. The molecule has 3 nitrogen and oxygen atoms in total. The Morgan fingerprint density at radius 2 is 1.72 bits per heavy atom. The summed E-state index contributed by atoms with van der Waals surface area (Å²) in [7, 11) is 0. The normalized spacial score (nSPS) is 10.7. The van der Waals surface area contributed by atoms with Crippen LogP contribution in [-0.2, 0) is 0 Å². The molecule has 0 heterocycles. The first-order valence-corrected chi connectivity index (χ1v) is 6.12. The summed E-state index contributed by atoms with van der Waals surface area (Å²) in [5, 5.41) is 9.38. The quantitative estimate of drug-likeness (QED) is 0.678. The predicted octanol–water partition coefficient (Wildman–Crippen LogP) is 3.30. The Morgan fingerprint density at radius 3 is 2.44 bits per heavy atom. The maximum atomic E-state index is 11.7. The lowest BCUT2D eigenvalue weighted by atomic mass is 10.2. The third-order valence-electron chi connectivity index (χ3n) is 2.27. The number of aromatic hydroxyl groups is 1. The van der Waals surface area contributed by atoms with Gasteiger partial charge in [0.2, 0.25) is 5.12 Å². The van der Waals surface area contributed by atoms with Crippen molar-refractivity contribution >= 4 is 23.3 Å². The zero-order chi connectivity index (χ0) is 12.8. The summed E-state index contributed by atoms with van der Waals surface area (Å²) in [6.07, 6.45) is 1.47. The molecule has 90 valence electrons. The number of hydrogen-bond acceptors (Lipinski definition) is 4. The fraction of sp³-hybridized carbons (Fsp3) is 0. The van der Waals surface area contributed by atoms with Crippen molar-refractivity contribution in [2.75, 3.05) is 0 Å². The van der Waals surface area contributed by atoms with Crippen LogP contribution in [0.5, 0.6) is 5.75 Å². The standard InChI is InChI=1S/C14H11NO2S/c16-13-9-5-4-8-12(13)10-15-18-14(17)11-6-2-1-3-7-11/h1-10,16H. The zero-order valence-electron chi connectivity index (χ0n) is 9.48. The van der Waals surface area contributed by atoms with E-state index in [0.717, 1.165) is 11.9 Å². The Hall–Kier alpha value is -2.07. The fourth-order valence-corrected chi connectivity index (χ4v) is 1.86. The van der Waals surface area contributed by atoms with E-state index in [1.54, 1.807) is 48.5 Å². The van der Waals surface area contributed by atoms with E-state index in [1.807, 2.05) is 6.07 Å². The maximum Gasteiger partial charge on any atom is 0.241 e. The maximum absolute atomic E-state index is 11.7. The highest BCUT2D eigenvalue weighted by molar-refractivity contribution is 8.13. The molecule has 2 aromatic carbocycles. The van der Waals surface area contributed by atoms with E-state index < -0.39 is 0 Å². The van der Waals surface area contributed by atoms with Crippen molar-refractivity contribution in [1.29, 1.82) is 0 Å². The van der Waals surface area contributed by atoms with Gasteiger partial charge in [-0.15, -0.1) is 0 Å². The zero-order valence-corrected chi connectivity index (χ0v) is 10.3. The fourth-order valence-electron chi connectivity index (χ4n) is 1.35. The summed E-state index contributed by atoms with van der Waals surface area (Å²) in [6, 6.07) is 15.8. The Morgan fingerprint density at radius 1 is 1.06 bits per heavy atom. The summed E-state index contributed by atoms with van der Waals surface area (Å²) in [5.74, 6) is 0.147. The Bertz CT molecular complexity index is 567. The number of benzene rings is 2. The molecule has 0 aromatic heterocycles. The largest absolute Gasteiger partial charge is 0.507 e. The van der Waals surface area contributed by atoms with Crippen LogP contribution in [0.15, 0.2) is 59.0 Å². The molecule has 0 radical (unpaired) electrons. The number of phenolic OH excluding ortho intramolecular Hbond substituents is 1. The third-order valence-corrected chi connectivity index (χ3v) is 2.89. The Balaban J connectivity index is 2.00. The van der Waals surface area contributed by atoms with E-state index in [-0.39, 0.29) is 10.9 Å². The number of rotatable bonds is 3. The first-order valence-electron chi connectivity index (χ1n) is 5.35. The van der Waals surface area contributed by atoms with Crippen LogP contribution in [0, 0.1) is 0 Å². The molecule has 0 aliphatic heterocycles. The number of phenols is 1. The lowest BCUT2D eigenvalue weighted by molar-refractivity contribution is 0.108. The number of nitrogens with zero attached hydrogens (tertiary/aromatic N) is 1.